The maximum Gasteiger partial charge on any atom is 0.418 e. The molecule has 5 rings (SSSR count). The standard InChI is InChI=1S/C22H22N8O4/c31-20(28-14-4-6-33-11-14)16-3-5-23-9-18(16)30-22(32)34-21-19(27-15-7-24-12-25-8-15)26-10-17(29-21)13-1-2-13/h3,5,7-10,12-14H,1-2,4,6,11H2,(H,26,27)(H,28,31)(H,30,32). The van der Waals surface area contributed by atoms with Crippen LogP contribution in [0.15, 0.2) is 43.4 Å². The van der Waals surface area contributed by atoms with Gasteiger partial charge < -0.3 is 20.1 Å². The Bertz CT molecular complexity index is 1180. The van der Waals surface area contributed by atoms with Crippen molar-refractivity contribution in [2.45, 2.75) is 31.2 Å². The molecule has 0 radical (unpaired) electrons. The van der Waals surface area contributed by atoms with E-state index in [1.54, 1.807) is 18.6 Å². The van der Waals surface area contributed by atoms with E-state index < -0.39 is 6.09 Å². The first-order valence-corrected chi connectivity index (χ1v) is 10.9. The number of ether oxygens (including phenoxy) is 2. The third-order valence-electron chi connectivity index (χ3n) is 5.33. The molecule has 12 heteroatoms. The van der Waals surface area contributed by atoms with Crippen LogP contribution in [0.1, 0.15) is 41.2 Å². The van der Waals surface area contributed by atoms with Gasteiger partial charge in [0.1, 0.15) is 6.33 Å². The zero-order valence-electron chi connectivity index (χ0n) is 18.1. The summed E-state index contributed by atoms with van der Waals surface area (Å²) in [7, 11) is 0. The summed E-state index contributed by atoms with van der Waals surface area (Å²) in [5, 5.41) is 8.48. The molecule has 2 amide bonds. The van der Waals surface area contributed by atoms with Crippen molar-refractivity contribution in [2.24, 2.45) is 0 Å². The molecule has 0 spiro atoms. The fourth-order valence-corrected chi connectivity index (χ4v) is 3.44. The van der Waals surface area contributed by atoms with E-state index in [2.05, 4.69) is 40.9 Å². The van der Waals surface area contributed by atoms with Crippen molar-refractivity contribution in [3.63, 3.8) is 0 Å². The highest BCUT2D eigenvalue weighted by Crippen LogP contribution is 2.40. The first kappa shape index (κ1) is 21.6. The molecule has 1 aliphatic carbocycles. The molecular weight excluding hydrogens is 440 g/mol. The number of amides is 2. The first-order valence-electron chi connectivity index (χ1n) is 10.9. The van der Waals surface area contributed by atoms with Crippen LogP contribution >= 0.6 is 0 Å². The normalized spacial score (nSPS) is 17.1. The van der Waals surface area contributed by atoms with Crippen molar-refractivity contribution in [3.8, 4) is 5.88 Å². The van der Waals surface area contributed by atoms with E-state index in [0.29, 0.717) is 24.8 Å². The highest BCUT2D eigenvalue weighted by atomic mass is 16.6. The van der Waals surface area contributed by atoms with E-state index in [0.717, 1.165) is 25.0 Å². The lowest BCUT2D eigenvalue weighted by Crippen LogP contribution is -2.35. The van der Waals surface area contributed by atoms with Crippen molar-refractivity contribution in [1.29, 1.82) is 0 Å². The minimum Gasteiger partial charge on any atom is -0.387 e. The van der Waals surface area contributed by atoms with E-state index in [1.165, 1.54) is 24.8 Å². The molecular formula is C22H22N8O4. The highest BCUT2D eigenvalue weighted by Gasteiger charge is 2.27. The van der Waals surface area contributed by atoms with Crippen molar-refractivity contribution in [1.82, 2.24) is 30.2 Å². The van der Waals surface area contributed by atoms with E-state index in [1.807, 2.05) is 0 Å². The molecule has 2 aliphatic rings. The number of carbonyl (C=O) groups is 2. The van der Waals surface area contributed by atoms with E-state index in [9.17, 15) is 9.59 Å². The number of nitrogens with zero attached hydrogens (tertiary/aromatic N) is 5. The average molecular weight is 462 g/mol. The Kier molecular flexibility index (Phi) is 6.21. The number of nitrogens with one attached hydrogen (secondary N) is 3. The smallest absolute Gasteiger partial charge is 0.387 e. The Morgan fingerprint density at radius 2 is 1.91 bits per heavy atom. The van der Waals surface area contributed by atoms with Gasteiger partial charge in [0.25, 0.3) is 11.8 Å². The summed E-state index contributed by atoms with van der Waals surface area (Å²) in [6.07, 6.45) is 11.0. The van der Waals surface area contributed by atoms with Gasteiger partial charge in [0, 0.05) is 18.7 Å². The van der Waals surface area contributed by atoms with Gasteiger partial charge in [0.05, 0.1) is 60.1 Å². The van der Waals surface area contributed by atoms with E-state index >= 15 is 0 Å². The van der Waals surface area contributed by atoms with Crippen LogP contribution in [0.2, 0.25) is 0 Å². The molecule has 3 N–H and O–H groups in total. The summed E-state index contributed by atoms with van der Waals surface area (Å²) in [5.74, 6) is 0.207. The maximum atomic E-state index is 12.8. The highest BCUT2D eigenvalue weighted by molar-refractivity contribution is 6.02. The SMILES string of the molecule is O=C(Nc1cnccc1C(=O)NC1CCOC1)Oc1nc(C2CC2)cnc1Nc1cncnc1. The number of anilines is 3. The summed E-state index contributed by atoms with van der Waals surface area (Å²) in [6, 6.07) is 1.45. The second-order valence-electron chi connectivity index (χ2n) is 7.94. The van der Waals surface area contributed by atoms with Crippen LogP contribution < -0.4 is 20.7 Å². The summed E-state index contributed by atoms with van der Waals surface area (Å²) in [5.41, 5.74) is 1.78. The molecule has 4 heterocycles. The third kappa shape index (κ3) is 5.23. The molecule has 0 aromatic carbocycles. The van der Waals surface area contributed by atoms with Crippen LogP contribution in [0.4, 0.5) is 22.0 Å². The molecule has 3 aromatic rings. The third-order valence-corrected chi connectivity index (χ3v) is 5.33. The Labute approximate surface area is 194 Å². The number of carbonyl (C=O) groups excluding carboxylic acids is 2. The van der Waals surface area contributed by atoms with E-state index in [4.69, 9.17) is 9.47 Å². The minimum atomic E-state index is -0.833. The summed E-state index contributed by atoms with van der Waals surface area (Å²) < 4.78 is 10.8. The van der Waals surface area contributed by atoms with Crippen molar-refractivity contribution >= 4 is 29.2 Å². The predicted molar refractivity (Wildman–Crippen MR) is 120 cm³/mol. The molecule has 1 saturated heterocycles. The van der Waals surface area contributed by atoms with Crippen LogP contribution in [0.25, 0.3) is 0 Å². The van der Waals surface area contributed by atoms with Crippen molar-refractivity contribution in [3.05, 3.63) is 54.6 Å². The minimum absolute atomic E-state index is 0.00347. The quantitative estimate of drug-likeness (QED) is 0.477. The van der Waals surface area contributed by atoms with Gasteiger partial charge in [-0.25, -0.2) is 24.7 Å². The fraction of sp³-hybridized carbons (Fsp3) is 0.318. The molecule has 174 valence electrons. The zero-order chi connectivity index (χ0) is 23.3. The van der Waals surface area contributed by atoms with Crippen molar-refractivity contribution in [2.75, 3.05) is 23.8 Å². The van der Waals surface area contributed by atoms with Gasteiger partial charge in [-0.05, 0) is 25.3 Å². The lowest BCUT2D eigenvalue weighted by atomic mass is 10.2. The largest absolute Gasteiger partial charge is 0.418 e. The van der Waals surface area contributed by atoms with Gasteiger partial charge in [-0.1, -0.05) is 0 Å². The molecule has 0 bridgehead atoms. The number of hydrogen-bond donors (Lipinski definition) is 3. The van der Waals surface area contributed by atoms with Gasteiger partial charge >= 0.3 is 6.09 Å². The van der Waals surface area contributed by atoms with Crippen LogP contribution in [0.3, 0.4) is 0 Å². The predicted octanol–water partition coefficient (Wildman–Crippen LogP) is 2.41. The number of hydrogen-bond acceptors (Lipinski definition) is 10. The maximum absolute atomic E-state index is 12.8. The van der Waals surface area contributed by atoms with Crippen LogP contribution in [-0.2, 0) is 4.74 Å². The molecule has 1 aliphatic heterocycles. The Morgan fingerprint density at radius 3 is 2.68 bits per heavy atom. The molecule has 1 atom stereocenters. The topological polar surface area (TPSA) is 153 Å². The number of aromatic nitrogens is 5. The van der Waals surface area contributed by atoms with Gasteiger partial charge in [-0.3, -0.25) is 15.1 Å². The summed E-state index contributed by atoms with van der Waals surface area (Å²) in [4.78, 5) is 46.3. The number of pyridine rings is 1. The van der Waals surface area contributed by atoms with Crippen molar-refractivity contribution < 1.29 is 19.1 Å². The molecule has 1 saturated carbocycles. The molecule has 34 heavy (non-hydrogen) atoms. The van der Waals surface area contributed by atoms with Gasteiger partial charge in [-0.2, -0.15) is 0 Å². The Hall–Kier alpha value is -4.19. The summed E-state index contributed by atoms with van der Waals surface area (Å²) >= 11 is 0. The summed E-state index contributed by atoms with van der Waals surface area (Å²) in [6.45, 7) is 1.06. The monoisotopic (exact) mass is 462 g/mol. The van der Waals surface area contributed by atoms with E-state index in [-0.39, 0.29) is 34.9 Å². The van der Waals surface area contributed by atoms with Crippen LogP contribution in [0, 0.1) is 0 Å². The molecule has 2 fully saturated rings. The van der Waals surface area contributed by atoms with Gasteiger partial charge in [-0.15, -0.1) is 0 Å². The molecule has 1 unspecified atom stereocenters. The molecule has 3 aromatic heterocycles. The number of rotatable bonds is 7. The second kappa shape index (κ2) is 9.75. The lowest BCUT2D eigenvalue weighted by molar-refractivity contribution is 0.0930. The average Bonchev–Trinajstić information content (AvgIpc) is 3.58. The van der Waals surface area contributed by atoms with Gasteiger partial charge in [0.2, 0.25) is 0 Å². The zero-order valence-corrected chi connectivity index (χ0v) is 18.1. The van der Waals surface area contributed by atoms with Crippen LogP contribution in [-0.4, -0.2) is 56.2 Å². The van der Waals surface area contributed by atoms with Crippen LogP contribution in [0.5, 0.6) is 5.88 Å². The second-order valence-corrected chi connectivity index (χ2v) is 7.94. The Morgan fingerprint density at radius 1 is 1.06 bits per heavy atom. The van der Waals surface area contributed by atoms with Gasteiger partial charge in [0.15, 0.2) is 5.82 Å². The fourth-order valence-electron chi connectivity index (χ4n) is 3.44. The lowest BCUT2D eigenvalue weighted by Gasteiger charge is -2.14. The molecule has 12 nitrogen and oxygen atoms in total. The first-order chi connectivity index (χ1) is 16.7. The Balaban J connectivity index is 1.32.